The molecule has 1 saturated carbocycles. The highest BCUT2D eigenvalue weighted by Gasteiger charge is 2.36. The summed E-state index contributed by atoms with van der Waals surface area (Å²) in [7, 11) is 0. The largest absolute Gasteiger partial charge is 0.381 e. The Labute approximate surface area is 159 Å². The molecule has 27 heavy (non-hydrogen) atoms. The van der Waals surface area contributed by atoms with E-state index in [0.717, 1.165) is 32.1 Å². The molecule has 0 aromatic carbocycles. The molecule has 1 aromatic rings. The van der Waals surface area contributed by atoms with Crippen LogP contribution in [0.3, 0.4) is 0 Å². The monoisotopic (exact) mass is 375 g/mol. The topological polar surface area (TPSA) is 89.4 Å². The van der Waals surface area contributed by atoms with Gasteiger partial charge in [0.05, 0.1) is 12.2 Å². The predicted octanol–water partition coefficient (Wildman–Crippen LogP) is 1.54. The highest BCUT2D eigenvalue weighted by molar-refractivity contribution is 5.96. The Bertz CT molecular complexity index is 664. The summed E-state index contributed by atoms with van der Waals surface area (Å²) < 4.78 is 7.18. The molecule has 1 aromatic heterocycles. The zero-order chi connectivity index (χ0) is 18.6. The van der Waals surface area contributed by atoms with Crippen molar-refractivity contribution in [3.63, 3.8) is 0 Å². The number of ether oxygens (including phenoxy) is 1. The molecule has 8 heteroatoms. The number of hydrogen-bond donors (Lipinski definition) is 1. The van der Waals surface area contributed by atoms with Crippen molar-refractivity contribution in [2.24, 2.45) is 5.92 Å². The first-order valence-corrected chi connectivity index (χ1v) is 10.3. The molecule has 0 bridgehead atoms. The van der Waals surface area contributed by atoms with Crippen LogP contribution in [0.25, 0.3) is 0 Å². The Kier molecular flexibility index (Phi) is 5.71. The van der Waals surface area contributed by atoms with Crippen LogP contribution >= 0.6 is 0 Å². The summed E-state index contributed by atoms with van der Waals surface area (Å²) in [5, 5.41) is 11.2. The van der Waals surface area contributed by atoms with Crippen LogP contribution in [0.1, 0.15) is 67.9 Å². The number of carbonyl (C=O) groups is 2. The fourth-order valence-corrected chi connectivity index (χ4v) is 4.58. The maximum absolute atomic E-state index is 13.1. The highest BCUT2D eigenvalue weighted by Crippen LogP contribution is 2.29. The van der Waals surface area contributed by atoms with Gasteiger partial charge in [0.15, 0.2) is 5.69 Å². The van der Waals surface area contributed by atoms with Crippen LogP contribution in [0.2, 0.25) is 0 Å². The molecule has 1 atom stereocenters. The summed E-state index contributed by atoms with van der Waals surface area (Å²) in [6.45, 7) is 2.46. The molecule has 148 valence electrons. The number of nitrogens with one attached hydrogen (secondary N) is 1. The molecule has 3 aliphatic rings. The van der Waals surface area contributed by atoms with Crippen molar-refractivity contribution >= 4 is 11.8 Å². The summed E-state index contributed by atoms with van der Waals surface area (Å²) in [6, 6.07) is -0.155. The van der Waals surface area contributed by atoms with Gasteiger partial charge < -0.3 is 15.0 Å². The molecule has 0 radical (unpaired) electrons. The van der Waals surface area contributed by atoms with Gasteiger partial charge in [-0.3, -0.25) is 9.59 Å². The van der Waals surface area contributed by atoms with Gasteiger partial charge in [-0.1, -0.05) is 37.3 Å². The van der Waals surface area contributed by atoms with Crippen LogP contribution in [-0.4, -0.2) is 64.1 Å². The average molecular weight is 375 g/mol. The number of piperazine rings is 1. The maximum Gasteiger partial charge on any atom is 0.276 e. The normalized spacial score (nSPS) is 25.4. The fourth-order valence-electron chi connectivity index (χ4n) is 4.58. The zero-order valence-electron chi connectivity index (χ0n) is 15.8. The second-order valence-corrected chi connectivity index (χ2v) is 7.97. The Morgan fingerprint density at radius 3 is 2.74 bits per heavy atom. The summed E-state index contributed by atoms with van der Waals surface area (Å²) in [6.07, 6.45) is 10.3. The zero-order valence-corrected chi connectivity index (χ0v) is 15.8. The van der Waals surface area contributed by atoms with Crippen molar-refractivity contribution in [3.05, 3.63) is 11.9 Å². The lowest BCUT2D eigenvalue weighted by molar-refractivity contribution is -0.128. The molecule has 4 rings (SSSR count). The molecular weight excluding hydrogens is 346 g/mol. The van der Waals surface area contributed by atoms with Gasteiger partial charge in [-0.05, 0) is 25.2 Å². The minimum Gasteiger partial charge on any atom is -0.381 e. The summed E-state index contributed by atoms with van der Waals surface area (Å²) in [5.41, 5.74) is 0.338. The van der Waals surface area contributed by atoms with E-state index < -0.39 is 0 Å². The Morgan fingerprint density at radius 1 is 1.19 bits per heavy atom. The van der Waals surface area contributed by atoms with Gasteiger partial charge in [0.1, 0.15) is 6.04 Å². The van der Waals surface area contributed by atoms with Gasteiger partial charge in [-0.15, -0.1) is 5.10 Å². The van der Waals surface area contributed by atoms with E-state index >= 15 is 0 Å². The van der Waals surface area contributed by atoms with E-state index in [2.05, 4.69) is 15.6 Å². The third kappa shape index (κ3) is 4.15. The fraction of sp³-hybridized carbons (Fsp3) is 0.789. The minimum atomic E-state index is -0.386. The molecule has 1 unspecified atom stereocenters. The van der Waals surface area contributed by atoms with Crippen molar-refractivity contribution in [1.29, 1.82) is 0 Å². The molecule has 1 aliphatic carbocycles. The Hall–Kier alpha value is -1.96. The molecule has 2 amide bonds. The highest BCUT2D eigenvalue weighted by atomic mass is 16.5. The van der Waals surface area contributed by atoms with Crippen molar-refractivity contribution < 1.29 is 14.3 Å². The van der Waals surface area contributed by atoms with E-state index in [-0.39, 0.29) is 23.9 Å². The molecule has 3 fully saturated rings. The first kappa shape index (κ1) is 18.4. The summed E-state index contributed by atoms with van der Waals surface area (Å²) in [5.74, 6) is 0.321. The number of carbonyl (C=O) groups excluding carboxylic acids is 2. The quantitative estimate of drug-likeness (QED) is 0.862. The van der Waals surface area contributed by atoms with E-state index in [0.29, 0.717) is 37.9 Å². The van der Waals surface area contributed by atoms with E-state index in [1.807, 2.05) is 0 Å². The van der Waals surface area contributed by atoms with E-state index in [1.165, 1.54) is 19.3 Å². The second kappa shape index (κ2) is 8.37. The Morgan fingerprint density at radius 2 is 1.96 bits per heavy atom. The summed E-state index contributed by atoms with van der Waals surface area (Å²) in [4.78, 5) is 27.3. The average Bonchev–Trinajstić information content (AvgIpc) is 3.21. The standard InChI is InChI=1S/C19H29N5O3/c25-18-17(12-14-4-2-1-3-5-14)23(9-8-20-18)19(26)16-13-24(22-21-16)15-6-10-27-11-7-15/h13-15,17H,1-12H2,(H,20,25). The van der Waals surface area contributed by atoms with Gasteiger partial charge in [-0.25, -0.2) is 4.68 Å². The maximum atomic E-state index is 13.1. The van der Waals surface area contributed by atoms with Gasteiger partial charge in [0.2, 0.25) is 5.91 Å². The lowest BCUT2D eigenvalue weighted by Crippen LogP contribution is -2.57. The molecular formula is C19H29N5O3. The van der Waals surface area contributed by atoms with Crippen LogP contribution in [0.4, 0.5) is 0 Å². The number of amides is 2. The molecule has 0 spiro atoms. The molecule has 3 heterocycles. The first-order chi connectivity index (χ1) is 13.2. The van der Waals surface area contributed by atoms with Crippen LogP contribution < -0.4 is 5.32 Å². The van der Waals surface area contributed by atoms with Crippen LogP contribution in [0, 0.1) is 5.92 Å². The third-order valence-corrected chi connectivity index (χ3v) is 6.17. The molecule has 2 saturated heterocycles. The van der Waals surface area contributed by atoms with Gasteiger partial charge >= 0.3 is 0 Å². The van der Waals surface area contributed by atoms with Gasteiger partial charge in [-0.2, -0.15) is 0 Å². The van der Waals surface area contributed by atoms with Crippen molar-refractivity contribution in [1.82, 2.24) is 25.2 Å². The predicted molar refractivity (Wildman–Crippen MR) is 98.1 cm³/mol. The number of aromatic nitrogens is 3. The number of hydrogen-bond acceptors (Lipinski definition) is 5. The third-order valence-electron chi connectivity index (χ3n) is 6.17. The van der Waals surface area contributed by atoms with Crippen molar-refractivity contribution in [2.45, 2.75) is 63.5 Å². The lowest BCUT2D eigenvalue weighted by Gasteiger charge is -2.37. The second-order valence-electron chi connectivity index (χ2n) is 7.97. The molecule has 8 nitrogen and oxygen atoms in total. The van der Waals surface area contributed by atoms with E-state index in [1.54, 1.807) is 15.8 Å². The van der Waals surface area contributed by atoms with Crippen LogP contribution in [-0.2, 0) is 9.53 Å². The first-order valence-electron chi connectivity index (χ1n) is 10.3. The van der Waals surface area contributed by atoms with Gasteiger partial charge in [0.25, 0.3) is 5.91 Å². The number of rotatable bonds is 4. The van der Waals surface area contributed by atoms with Crippen molar-refractivity contribution in [3.8, 4) is 0 Å². The van der Waals surface area contributed by atoms with Crippen molar-refractivity contribution in [2.75, 3.05) is 26.3 Å². The van der Waals surface area contributed by atoms with Crippen LogP contribution in [0.5, 0.6) is 0 Å². The summed E-state index contributed by atoms with van der Waals surface area (Å²) >= 11 is 0. The minimum absolute atomic E-state index is 0.0306. The Balaban J connectivity index is 1.46. The smallest absolute Gasteiger partial charge is 0.276 e. The number of nitrogens with zero attached hydrogens (tertiary/aromatic N) is 4. The SMILES string of the molecule is O=C1NCCN(C(=O)c2cn(C3CCOCC3)nn2)C1CC1CCCCC1. The van der Waals surface area contributed by atoms with Crippen LogP contribution in [0.15, 0.2) is 6.20 Å². The van der Waals surface area contributed by atoms with Gasteiger partial charge in [0, 0.05) is 26.3 Å². The lowest BCUT2D eigenvalue weighted by atomic mass is 9.84. The molecule has 1 N–H and O–H groups in total. The van der Waals surface area contributed by atoms with E-state index in [4.69, 9.17) is 4.74 Å². The molecule has 2 aliphatic heterocycles. The van der Waals surface area contributed by atoms with E-state index in [9.17, 15) is 9.59 Å².